The van der Waals surface area contributed by atoms with E-state index in [0.29, 0.717) is 0 Å². The van der Waals surface area contributed by atoms with Gasteiger partial charge in [0.15, 0.2) is 0 Å². The highest BCUT2D eigenvalue weighted by Crippen LogP contribution is 2.30. The van der Waals surface area contributed by atoms with Crippen LogP contribution >= 0.6 is 0 Å². The second-order valence-corrected chi connectivity index (χ2v) is 4.42. The van der Waals surface area contributed by atoms with Gasteiger partial charge in [-0.15, -0.1) is 0 Å². The van der Waals surface area contributed by atoms with Crippen LogP contribution in [0.15, 0.2) is 12.1 Å². The van der Waals surface area contributed by atoms with Crippen molar-refractivity contribution in [2.45, 2.75) is 26.9 Å². The topological polar surface area (TPSA) is 62.0 Å². The summed E-state index contributed by atoms with van der Waals surface area (Å²) in [4.78, 5) is 3.31. The number of hydrogen-bond donors (Lipinski definition) is 3. The van der Waals surface area contributed by atoms with Gasteiger partial charge < -0.3 is 15.8 Å². The van der Waals surface area contributed by atoms with E-state index in [0.717, 1.165) is 22.2 Å². The fraction of sp³-hybridized carbons (Fsp3) is 0.385. The molecule has 4 N–H and O–H groups in total. The Morgan fingerprint density at radius 1 is 1.31 bits per heavy atom. The van der Waals surface area contributed by atoms with Crippen LogP contribution in [0.5, 0.6) is 0 Å². The molecule has 1 aromatic heterocycles. The molecule has 3 nitrogen and oxygen atoms in total. The van der Waals surface area contributed by atoms with Gasteiger partial charge in [0.2, 0.25) is 0 Å². The Kier molecular flexibility index (Phi) is 2.74. The molecule has 0 amide bonds. The Balaban J connectivity index is 2.78. The minimum Gasteiger partial charge on any atom is -0.387 e. The van der Waals surface area contributed by atoms with Crippen molar-refractivity contribution in [1.29, 1.82) is 0 Å². The number of H-pyrrole nitrogens is 1. The number of hydrogen-bond acceptors (Lipinski definition) is 2. The number of aliphatic hydroxyl groups is 1. The smallest absolute Gasteiger partial charge is 0.0935 e. The zero-order valence-electron chi connectivity index (χ0n) is 9.96. The number of aryl methyl sites for hydroxylation is 3. The van der Waals surface area contributed by atoms with Crippen molar-refractivity contribution in [3.8, 4) is 0 Å². The fourth-order valence-electron chi connectivity index (χ4n) is 2.41. The van der Waals surface area contributed by atoms with Crippen LogP contribution in [-0.2, 0) is 0 Å². The number of aromatic amines is 1. The van der Waals surface area contributed by atoms with E-state index in [1.807, 2.05) is 6.92 Å². The van der Waals surface area contributed by atoms with Crippen LogP contribution in [0.3, 0.4) is 0 Å². The predicted molar refractivity (Wildman–Crippen MR) is 66.5 cm³/mol. The zero-order valence-corrected chi connectivity index (χ0v) is 9.96. The van der Waals surface area contributed by atoms with Gasteiger partial charge in [-0.25, -0.2) is 0 Å². The van der Waals surface area contributed by atoms with Gasteiger partial charge in [0.05, 0.1) is 6.10 Å². The maximum atomic E-state index is 9.95. The Hall–Kier alpha value is -1.32. The molecule has 0 aliphatic heterocycles. The van der Waals surface area contributed by atoms with Crippen LogP contribution in [0.2, 0.25) is 0 Å². The minimum atomic E-state index is -0.588. The summed E-state index contributed by atoms with van der Waals surface area (Å²) < 4.78 is 0. The molecule has 0 spiro atoms. The van der Waals surface area contributed by atoms with Gasteiger partial charge in [-0.2, -0.15) is 0 Å². The summed E-state index contributed by atoms with van der Waals surface area (Å²) in [6, 6.07) is 4.23. The van der Waals surface area contributed by atoms with Crippen molar-refractivity contribution in [2.75, 3.05) is 6.54 Å². The average molecular weight is 218 g/mol. The summed E-state index contributed by atoms with van der Waals surface area (Å²) >= 11 is 0. The first-order chi connectivity index (χ1) is 7.54. The van der Waals surface area contributed by atoms with Crippen molar-refractivity contribution in [3.05, 3.63) is 34.5 Å². The molecule has 0 saturated heterocycles. The molecule has 16 heavy (non-hydrogen) atoms. The van der Waals surface area contributed by atoms with E-state index in [2.05, 4.69) is 31.0 Å². The van der Waals surface area contributed by atoms with Gasteiger partial charge in [0.25, 0.3) is 0 Å². The highest BCUT2D eigenvalue weighted by atomic mass is 16.3. The lowest BCUT2D eigenvalue weighted by molar-refractivity contribution is 0.187. The van der Waals surface area contributed by atoms with E-state index in [-0.39, 0.29) is 6.54 Å². The second-order valence-electron chi connectivity index (χ2n) is 4.42. The van der Waals surface area contributed by atoms with E-state index in [1.165, 1.54) is 11.1 Å². The van der Waals surface area contributed by atoms with E-state index < -0.39 is 6.10 Å². The van der Waals surface area contributed by atoms with E-state index in [4.69, 9.17) is 5.73 Å². The van der Waals surface area contributed by atoms with Gasteiger partial charge in [-0.1, -0.05) is 6.07 Å². The standard InChI is InChI=1S/C13H18N2O/c1-7-4-8(2)12-10(5-7)15-9(3)13(12)11(16)6-14/h4-5,11,15-16H,6,14H2,1-3H3. The molecule has 1 unspecified atom stereocenters. The lowest BCUT2D eigenvalue weighted by Crippen LogP contribution is -2.12. The van der Waals surface area contributed by atoms with Crippen LogP contribution in [0.1, 0.15) is 28.5 Å². The molecule has 0 radical (unpaired) electrons. The average Bonchev–Trinajstić information content (AvgIpc) is 2.53. The first-order valence-electron chi connectivity index (χ1n) is 5.52. The molecule has 0 saturated carbocycles. The molecule has 0 aliphatic carbocycles. The number of aliphatic hydroxyl groups excluding tert-OH is 1. The highest BCUT2D eigenvalue weighted by molar-refractivity contribution is 5.88. The third-order valence-electron chi connectivity index (χ3n) is 3.03. The van der Waals surface area contributed by atoms with Crippen LogP contribution in [0.25, 0.3) is 10.9 Å². The third kappa shape index (κ3) is 1.62. The fourth-order valence-corrected chi connectivity index (χ4v) is 2.41. The predicted octanol–water partition coefficient (Wildman–Crippen LogP) is 2.09. The first kappa shape index (κ1) is 11.2. The molecule has 3 heteroatoms. The molecular formula is C13H18N2O. The van der Waals surface area contributed by atoms with E-state index in [9.17, 15) is 5.11 Å². The van der Waals surface area contributed by atoms with Crippen molar-refractivity contribution in [1.82, 2.24) is 4.98 Å². The zero-order chi connectivity index (χ0) is 11.9. The Labute approximate surface area is 95.3 Å². The van der Waals surface area contributed by atoms with Gasteiger partial charge in [-0.05, 0) is 38.0 Å². The SMILES string of the molecule is Cc1cc(C)c2c(C(O)CN)c(C)[nH]c2c1. The summed E-state index contributed by atoms with van der Waals surface area (Å²) in [7, 11) is 0. The van der Waals surface area contributed by atoms with Crippen molar-refractivity contribution >= 4 is 10.9 Å². The quantitative estimate of drug-likeness (QED) is 0.722. The maximum absolute atomic E-state index is 9.95. The van der Waals surface area contributed by atoms with Gasteiger partial charge in [0, 0.05) is 28.7 Å². The molecule has 2 rings (SSSR count). The number of nitrogens with one attached hydrogen (secondary N) is 1. The summed E-state index contributed by atoms with van der Waals surface area (Å²) in [6.45, 7) is 6.36. The van der Waals surface area contributed by atoms with Crippen molar-refractivity contribution in [2.24, 2.45) is 5.73 Å². The van der Waals surface area contributed by atoms with Gasteiger partial charge >= 0.3 is 0 Å². The number of nitrogens with two attached hydrogens (primary N) is 1. The lowest BCUT2D eigenvalue weighted by atomic mass is 10.00. The first-order valence-corrected chi connectivity index (χ1v) is 5.52. The molecule has 1 heterocycles. The minimum absolute atomic E-state index is 0.251. The van der Waals surface area contributed by atoms with Crippen molar-refractivity contribution in [3.63, 3.8) is 0 Å². The summed E-state index contributed by atoms with van der Waals surface area (Å²) in [5.41, 5.74) is 11.0. The lowest BCUT2D eigenvalue weighted by Gasteiger charge is -2.09. The molecule has 86 valence electrons. The summed E-state index contributed by atoms with van der Waals surface area (Å²) in [5.74, 6) is 0. The molecule has 2 aromatic rings. The van der Waals surface area contributed by atoms with Crippen LogP contribution in [0.4, 0.5) is 0 Å². The number of benzene rings is 1. The summed E-state index contributed by atoms with van der Waals surface area (Å²) in [5, 5.41) is 11.1. The molecule has 1 atom stereocenters. The second kappa shape index (κ2) is 3.92. The largest absolute Gasteiger partial charge is 0.387 e. The van der Waals surface area contributed by atoms with Gasteiger partial charge in [0.1, 0.15) is 0 Å². The molecular weight excluding hydrogens is 200 g/mol. The summed E-state index contributed by atoms with van der Waals surface area (Å²) in [6.07, 6.45) is -0.588. The van der Waals surface area contributed by atoms with Gasteiger partial charge in [-0.3, -0.25) is 0 Å². The Morgan fingerprint density at radius 2 is 2.00 bits per heavy atom. The normalized spacial score (nSPS) is 13.3. The highest BCUT2D eigenvalue weighted by Gasteiger charge is 2.16. The van der Waals surface area contributed by atoms with Crippen molar-refractivity contribution < 1.29 is 5.11 Å². The number of aromatic nitrogens is 1. The number of fused-ring (bicyclic) bond motifs is 1. The van der Waals surface area contributed by atoms with Crippen LogP contribution in [0, 0.1) is 20.8 Å². The monoisotopic (exact) mass is 218 g/mol. The molecule has 1 aromatic carbocycles. The molecule has 0 fully saturated rings. The Bertz CT molecular complexity index is 528. The number of rotatable bonds is 2. The van der Waals surface area contributed by atoms with E-state index in [1.54, 1.807) is 0 Å². The van der Waals surface area contributed by atoms with E-state index >= 15 is 0 Å². The third-order valence-corrected chi connectivity index (χ3v) is 3.03. The Morgan fingerprint density at radius 3 is 2.62 bits per heavy atom. The van der Waals surface area contributed by atoms with Crippen LogP contribution in [-0.4, -0.2) is 16.6 Å². The molecule has 0 aliphatic rings. The van der Waals surface area contributed by atoms with Crippen LogP contribution < -0.4 is 5.73 Å². The molecule has 0 bridgehead atoms. The maximum Gasteiger partial charge on any atom is 0.0935 e.